The van der Waals surface area contributed by atoms with Crippen LogP contribution in [0.4, 0.5) is 11.4 Å². The number of hydrogen-bond acceptors (Lipinski definition) is 4. The number of benzene rings is 1. The Morgan fingerprint density at radius 1 is 1.50 bits per heavy atom. The molecular formula is C13H16N4O. The Labute approximate surface area is 106 Å². The quantitative estimate of drug-likeness (QED) is 0.718. The molecule has 1 fully saturated rings. The van der Waals surface area contributed by atoms with Gasteiger partial charge in [-0.3, -0.25) is 4.79 Å². The van der Waals surface area contributed by atoms with Gasteiger partial charge in [-0.1, -0.05) is 0 Å². The summed E-state index contributed by atoms with van der Waals surface area (Å²) in [4.78, 5) is 13.9. The SMILES string of the molecule is CC1(C)C(=O)NCCN1c1ccc(N)c(C#N)c1. The van der Waals surface area contributed by atoms with Crippen LogP contribution in [0.2, 0.25) is 0 Å². The monoisotopic (exact) mass is 244 g/mol. The first-order valence-corrected chi connectivity index (χ1v) is 5.82. The van der Waals surface area contributed by atoms with Crippen LogP contribution in [-0.2, 0) is 4.79 Å². The number of nitrogens with one attached hydrogen (secondary N) is 1. The minimum absolute atomic E-state index is 0.0101. The number of nitrogen functional groups attached to an aromatic ring is 1. The molecule has 0 unspecified atom stereocenters. The van der Waals surface area contributed by atoms with Crippen molar-refractivity contribution in [1.82, 2.24) is 5.32 Å². The van der Waals surface area contributed by atoms with Gasteiger partial charge < -0.3 is 16.0 Å². The number of nitrogens with zero attached hydrogens (tertiary/aromatic N) is 2. The van der Waals surface area contributed by atoms with E-state index in [2.05, 4.69) is 11.4 Å². The van der Waals surface area contributed by atoms with Crippen molar-refractivity contribution in [3.8, 4) is 6.07 Å². The van der Waals surface area contributed by atoms with Gasteiger partial charge in [0.15, 0.2) is 0 Å². The summed E-state index contributed by atoms with van der Waals surface area (Å²) in [6, 6.07) is 7.34. The second-order valence-corrected chi connectivity index (χ2v) is 4.85. The average Bonchev–Trinajstić information content (AvgIpc) is 2.34. The molecule has 5 nitrogen and oxygen atoms in total. The highest BCUT2D eigenvalue weighted by Gasteiger charge is 2.37. The number of rotatable bonds is 1. The maximum atomic E-state index is 11.9. The molecule has 0 atom stereocenters. The predicted molar refractivity (Wildman–Crippen MR) is 70.0 cm³/mol. The lowest BCUT2D eigenvalue weighted by atomic mass is 9.97. The van der Waals surface area contributed by atoms with Crippen LogP contribution in [0.5, 0.6) is 0 Å². The molecule has 3 N–H and O–H groups in total. The van der Waals surface area contributed by atoms with Gasteiger partial charge >= 0.3 is 0 Å². The number of piperazine rings is 1. The molecule has 0 bridgehead atoms. The van der Waals surface area contributed by atoms with Gasteiger partial charge in [-0.25, -0.2) is 0 Å². The second-order valence-electron chi connectivity index (χ2n) is 4.85. The van der Waals surface area contributed by atoms with E-state index in [4.69, 9.17) is 11.0 Å². The summed E-state index contributed by atoms with van der Waals surface area (Å²) < 4.78 is 0. The number of amides is 1. The highest BCUT2D eigenvalue weighted by molar-refractivity contribution is 5.90. The predicted octanol–water partition coefficient (Wildman–Crippen LogP) is 0.855. The fraction of sp³-hybridized carbons (Fsp3) is 0.385. The van der Waals surface area contributed by atoms with E-state index in [9.17, 15) is 4.79 Å². The minimum atomic E-state index is -0.624. The average molecular weight is 244 g/mol. The maximum Gasteiger partial charge on any atom is 0.245 e. The zero-order valence-corrected chi connectivity index (χ0v) is 10.5. The van der Waals surface area contributed by atoms with Crippen molar-refractivity contribution in [2.45, 2.75) is 19.4 Å². The minimum Gasteiger partial charge on any atom is -0.398 e. The topological polar surface area (TPSA) is 82.2 Å². The van der Waals surface area contributed by atoms with Gasteiger partial charge in [-0.2, -0.15) is 5.26 Å². The zero-order valence-electron chi connectivity index (χ0n) is 10.5. The Morgan fingerprint density at radius 3 is 2.89 bits per heavy atom. The largest absolute Gasteiger partial charge is 0.398 e. The van der Waals surface area contributed by atoms with Crippen LogP contribution in [-0.4, -0.2) is 24.5 Å². The van der Waals surface area contributed by atoms with Crippen LogP contribution in [0.3, 0.4) is 0 Å². The molecule has 1 amide bonds. The zero-order chi connectivity index (χ0) is 13.3. The van der Waals surface area contributed by atoms with E-state index in [-0.39, 0.29) is 5.91 Å². The van der Waals surface area contributed by atoms with Crippen LogP contribution >= 0.6 is 0 Å². The molecular weight excluding hydrogens is 228 g/mol. The molecule has 0 spiro atoms. The van der Waals surface area contributed by atoms with Crippen LogP contribution in [0.25, 0.3) is 0 Å². The summed E-state index contributed by atoms with van der Waals surface area (Å²) in [7, 11) is 0. The van der Waals surface area contributed by atoms with Crippen molar-refractivity contribution >= 4 is 17.3 Å². The highest BCUT2D eigenvalue weighted by atomic mass is 16.2. The van der Waals surface area contributed by atoms with Crippen molar-refractivity contribution in [2.75, 3.05) is 23.7 Å². The van der Waals surface area contributed by atoms with Crippen LogP contribution in [0.1, 0.15) is 19.4 Å². The lowest BCUT2D eigenvalue weighted by Gasteiger charge is -2.42. The summed E-state index contributed by atoms with van der Waals surface area (Å²) in [5.41, 5.74) is 6.83. The summed E-state index contributed by atoms with van der Waals surface area (Å²) in [6.07, 6.45) is 0. The molecule has 1 aromatic rings. The van der Waals surface area contributed by atoms with E-state index < -0.39 is 5.54 Å². The normalized spacial score (nSPS) is 18.1. The Morgan fingerprint density at radius 2 is 2.22 bits per heavy atom. The molecule has 0 radical (unpaired) electrons. The fourth-order valence-corrected chi connectivity index (χ4v) is 2.16. The molecule has 0 aliphatic carbocycles. The van der Waals surface area contributed by atoms with Crippen LogP contribution < -0.4 is 16.0 Å². The molecule has 5 heteroatoms. The van der Waals surface area contributed by atoms with Gasteiger partial charge in [0.05, 0.1) is 5.56 Å². The van der Waals surface area contributed by atoms with Gasteiger partial charge in [0.1, 0.15) is 11.6 Å². The van der Waals surface area contributed by atoms with E-state index in [1.54, 1.807) is 12.1 Å². The van der Waals surface area contributed by atoms with Crippen molar-refractivity contribution in [3.05, 3.63) is 23.8 Å². The molecule has 2 rings (SSSR count). The first-order chi connectivity index (χ1) is 8.46. The molecule has 0 aromatic heterocycles. The standard InChI is InChI=1S/C13H16N4O/c1-13(2)12(18)16-5-6-17(13)10-3-4-11(15)9(7-10)8-14/h3-4,7H,5-6,15H2,1-2H3,(H,16,18). The van der Waals surface area contributed by atoms with E-state index in [1.165, 1.54) is 0 Å². The molecule has 18 heavy (non-hydrogen) atoms. The second kappa shape index (κ2) is 4.22. The fourth-order valence-electron chi connectivity index (χ4n) is 2.16. The van der Waals surface area contributed by atoms with Gasteiger partial charge in [0.2, 0.25) is 5.91 Å². The molecule has 0 saturated carbocycles. The van der Waals surface area contributed by atoms with Crippen molar-refractivity contribution in [1.29, 1.82) is 5.26 Å². The third kappa shape index (κ3) is 1.86. The van der Waals surface area contributed by atoms with E-state index in [1.807, 2.05) is 24.8 Å². The molecule has 1 aromatic carbocycles. The van der Waals surface area contributed by atoms with E-state index in [0.29, 0.717) is 24.3 Å². The summed E-state index contributed by atoms with van der Waals surface area (Å²) in [5, 5.41) is 11.8. The third-order valence-corrected chi connectivity index (χ3v) is 3.32. The van der Waals surface area contributed by atoms with Crippen LogP contribution in [0.15, 0.2) is 18.2 Å². The van der Waals surface area contributed by atoms with Gasteiger partial charge in [-0.15, -0.1) is 0 Å². The van der Waals surface area contributed by atoms with E-state index in [0.717, 1.165) is 5.69 Å². The first-order valence-electron chi connectivity index (χ1n) is 5.82. The van der Waals surface area contributed by atoms with E-state index >= 15 is 0 Å². The molecule has 1 aliphatic rings. The Hall–Kier alpha value is -2.22. The van der Waals surface area contributed by atoms with Crippen molar-refractivity contribution in [2.24, 2.45) is 0 Å². The Balaban J connectivity index is 2.42. The van der Waals surface area contributed by atoms with Crippen molar-refractivity contribution < 1.29 is 4.79 Å². The number of hydrogen-bond donors (Lipinski definition) is 2. The lowest BCUT2D eigenvalue weighted by molar-refractivity contribution is -0.126. The lowest BCUT2D eigenvalue weighted by Crippen LogP contribution is -2.62. The van der Waals surface area contributed by atoms with Crippen LogP contribution in [0, 0.1) is 11.3 Å². The molecule has 1 heterocycles. The molecule has 1 saturated heterocycles. The summed E-state index contributed by atoms with van der Waals surface area (Å²) in [5.74, 6) is -0.0101. The van der Waals surface area contributed by atoms with Crippen molar-refractivity contribution in [3.63, 3.8) is 0 Å². The third-order valence-electron chi connectivity index (χ3n) is 3.32. The number of nitrogens with two attached hydrogens (primary N) is 1. The maximum absolute atomic E-state index is 11.9. The Bertz CT molecular complexity index is 530. The first kappa shape index (κ1) is 12.2. The smallest absolute Gasteiger partial charge is 0.245 e. The number of carbonyl (C=O) groups is 1. The highest BCUT2D eigenvalue weighted by Crippen LogP contribution is 2.28. The van der Waals surface area contributed by atoms with Gasteiger partial charge in [0, 0.05) is 24.5 Å². The number of nitriles is 1. The van der Waals surface area contributed by atoms with Gasteiger partial charge in [0.25, 0.3) is 0 Å². The van der Waals surface area contributed by atoms with Gasteiger partial charge in [-0.05, 0) is 32.0 Å². The molecule has 94 valence electrons. The summed E-state index contributed by atoms with van der Waals surface area (Å²) >= 11 is 0. The number of carbonyl (C=O) groups excluding carboxylic acids is 1. The molecule has 1 aliphatic heterocycles. The number of anilines is 2. The summed E-state index contributed by atoms with van der Waals surface area (Å²) in [6.45, 7) is 5.05. The Kier molecular flexibility index (Phi) is 2.87.